The molecule has 0 saturated heterocycles. The number of hydrogen-bond acceptors (Lipinski definition) is 4. The summed E-state index contributed by atoms with van der Waals surface area (Å²) in [5.41, 5.74) is 3.50. The highest BCUT2D eigenvalue weighted by Crippen LogP contribution is 2.27. The summed E-state index contributed by atoms with van der Waals surface area (Å²) in [4.78, 5) is 11.3. The van der Waals surface area contributed by atoms with Gasteiger partial charge in [-0.25, -0.2) is 4.98 Å². The number of rotatable bonds is 6. The quantitative estimate of drug-likeness (QED) is 0.868. The lowest BCUT2D eigenvalue weighted by Crippen LogP contribution is -2.20. The summed E-state index contributed by atoms with van der Waals surface area (Å²) in [5.74, 6) is 1.67. The van der Waals surface area contributed by atoms with Crippen LogP contribution in [0, 0.1) is 13.8 Å². The number of anilines is 3. The second-order valence-corrected chi connectivity index (χ2v) is 5.21. The Morgan fingerprint density at radius 1 is 1.19 bits per heavy atom. The predicted molar refractivity (Wildman–Crippen MR) is 89.4 cm³/mol. The van der Waals surface area contributed by atoms with E-state index in [2.05, 4.69) is 67.2 Å². The standard InChI is InChI=1S/C17H24N4/c1-5-10-18-17-19-12-14(4)16(20-17)21(6-2)15-9-7-8-13(3)11-15/h7-9,11-12H,5-6,10H2,1-4H3,(H,18,19,20). The zero-order valence-electron chi connectivity index (χ0n) is 13.3. The van der Waals surface area contributed by atoms with Crippen molar-refractivity contribution in [1.29, 1.82) is 0 Å². The second-order valence-electron chi connectivity index (χ2n) is 5.21. The van der Waals surface area contributed by atoms with Gasteiger partial charge in [0.05, 0.1) is 0 Å². The Labute approximate surface area is 127 Å². The average molecular weight is 284 g/mol. The Bertz CT molecular complexity index is 595. The molecule has 2 aromatic rings. The van der Waals surface area contributed by atoms with Gasteiger partial charge >= 0.3 is 0 Å². The third kappa shape index (κ3) is 3.72. The van der Waals surface area contributed by atoms with Crippen molar-refractivity contribution in [3.63, 3.8) is 0 Å². The minimum atomic E-state index is 0.698. The molecule has 1 aromatic carbocycles. The average Bonchev–Trinajstić information content (AvgIpc) is 2.48. The normalized spacial score (nSPS) is 10.5. The van der Waals surface area contributed by atoms with E-state index in [0.29, 0.717) is 5.95 Å². The number of benzene rings is 1. The SMILES string of the molecule is CCCNc1ncc(C)c(N(CC)c2cccc(C)c2)n1. The van der Waals surface area contributed by atoms with Crippen LogP contribution in [-0.4, -0.2) is 23.1 Å². The van der Waals surface area contributed by atoms with Crippen molar-refractivity contribution in [1.82, 2.24) is 9.97 Å². The zero-order chi connectivity index (χ0) is 15.2. The Hall–Kier alpha value is -2.10. The minimum Gasteiger partial charge on any atom is -0.354 e. The summed E-state index contributed by atoms with van der Waals surface area (Å²) in [6.45, 7) is 10.2. The molecule has 4 heteroatoms. The molecule has 112 valence electrons. The molecular formula is C17H24N4. The number of aryl methyl sites for hydroxylation is 2. The van der Waals surface area contributed by atoms with E-state index in [4.69, 9.17) is 4.98 Å². The van der Waals surface area contributed by atoms with Crippen LogP contribution in [0.2, 0.25) is 0 Å². The van der Waals surface area contributed by atoms with E-state index >= 15 is 0 Å². The predicted octanol–water partition coefficient (Wildman–Crippen LogP) is 4.07. The summed E-state index contributed by atoms with van der Waals surface area (Å²) in [5, 5.41) is 3.25. The molecule has 0 fully saturated rings. The van der Waals surface area contributed by atoms with E-state index in [-0.39, 0.29) is 0 Å². The Balaban J connectivity index is 2.37. The van der Waals surface area contributed by atoms with Gasteiger partial charge in [-0.05, 0) is 44.9 Å². The van der Waals surface area contributed by atoms with Crippen LogP contribution in [-0.2, 0) is 0 Å². The van der Waals surface area contributed by atoms with Gasteiger partial charge < -0.3 is 10.2 Å². The maximum atomic E-state index is 4.69. The smallest absolute Gasteiger partial charge is 0.224 e. The van der Waals surface area contributed by atoms with Crippen LogP contribution in [0.25, 0.3) is 0 Å². The van der Waals surface area contributed by atoms with Gasteiger partial charge in [0.25, 0.3) is 0 Å². The van der Waals surface area contributed by atoms with Crippen LogP contribution in [0.15, 0.2) is 30.5 Å². The first kappa shape index (κ1) is 15.3. The first-order valence-corrected chi connectivity index (χ1v) is 7.57. The van der Waals surface area contributed by atoms with E-state index in [1.165, 1.54) is 11.3 Å². The van der Waals surface area contributed by atoms with Crippen molar-refractivity contribution in [2.45, 2.75) is 34.1 Å². The van der Waals surface area contributed by atoms with Crippen molar-refractivity contribution >= 4 is 17.5 Å². The highest BCUT2D eigenvalue weighted by Gasteiger charge is 2.13. The molecule has 1 heterocycles. The molecule has 0 unspecified atom stereocenters. The van der Waals surface area contributed by atoms with E-state index in [0.717, 1.165) is 30.9 Å². The Kier molecular flexibility index (Phi) is 5.14. The van der Waals surface area contributed by atoms with Crippen LogP contribution < -0.4 is 10.2 Å². The van der Waals surface area contributed by atoms with E-state index in [1.807, 2.05) is 6.20 Å². The van der Waals surface area contributed by atoms with Gasteiger partial charge in [-0.3, -0.25) is 0 Å². The summed E-state index contributed by atoms with van der Waals surface area (Å²) < 4.78 is 0. The van der Waals surface area contributed by atoms with Crippen molar-refractivity contribution in [2.24, 2.45) is 0 Å². The van der Waals surface area contributed by atoms with Crippen LogP contribution >= 0.6 is 0 Å². The third-order valence-corrected chi connectivity index (χ3v) is 3.36. The summed E-state index contributed by atoms with van der Waals surface area (Å²) >= 11 is 0. The topological polar surface area (TPSA) is 41.1 Å². The van der Waals surface area contributed by atoms with Crippen LogP contribution in [0.3, 0.4) is 0 Å². The van der Waals surface area contributed by atoms with Crippen molar-refractivity contribution in [2.75, 3.05) is 23.3 Å². The second kappa shape index (κ2) is 7.07. The molecular weight excluding hydrogens is 260 g/mol. The molecule has 0 radical (unpaired) electrons. The third-order valence-electron chi connectivity index (χ3n) is 3.36. The first-order chi connectivity index (χ1) is 10.2. The maximum absolute atomic E-state index is 4.69. The molecule has 0 atom stereocenters. The van der Waals surface area contributed by atoms with Gasteiger partial charge in [0, 0.05) is 30.5 Å². The lowest BCUT2D eigenvalue weighted by Gasteiger charge is -2.24. The molecule has 1 aromatic heterocycles. The van der Waals surface area contributed by atoms with Gasteiger partial charge in [0.2, 0.25) is 5.95 Å². The van der Waals surface area contributed by atoms with Gasteiger partial charge in [-0.1, -0.05) is 19.1 Å². The molecule has 2 rings (SSSR count). The van der Waals surface area contributed by atoms with Gasteiger partial charge in [-0.2, -0.15) is 4.98 Å². The lowest BCUT2D eigenvalue weighted by molar-refractivity contribution is 0.927. The fraction of sp³-hybridized carbons (Fsp3) is 0.412. The van der Waals surface area contributed by atoms with Gasteiger partial charge in [0.15, 0.2) is 0 Å². The van der Waals surface area contributed by atoms with Gasteiger partial charge in [-0.15, -0.1) is 0 Å². The number of hydrogen-bond donors (Lipinski definition) is 1. The zero-order valence-corrected chi connectivity index (χ0v) is 13.3. The summed E-state index contributed by atoms with van der Waals surface area (Å²) in [6.07, 6.45) is 2.95. The van der Waals surface area contributed by atoms with E-state index in [9.17, 15) is 0 Å². The molecule has 0 spiro atoms. The lowest BCUT2D eigenvalue weighted by atomic mass is 10.2. The number of aromatic nitrogens is 2. The van der Waals surface area contributed by atoms with Gasteiger partial charge in [0.1, 0.15) is 5.82 Å². The molecule has 0 aliphatic rings. The molecule has 0 aliphatic heterocycles. The van der Waals surface area contributed by atoms with E-state index in [1.54, 1.807) is 0 Å². The molecule has 0 amide bonds. The largest absolute Gasteiger partial charge is 0.354 e. The monoisotopic (exact) mass is 284 g/mol. The van der Waals surface area contributed by atoms with Crippen LogP contribution in [0.1, 0.15) is 31.4 Å². The minimum absolute atomic E-state index is 0.698. The highest BCUT2D eigenvalue weighted by atomic mass is 15.2. The van der Waals surface area contributed by atoms with Crippen molar-refractivity contribution in [3.8, 4) is 0 Å². The first-order valence-electron chi connectivity index (χ1n) is 7.57. The van der Waals surface area contributed by atoms with Crippen molar-refractivity contribution < 1.29 is 0 Å². The summed E-state index contributed by atoms with van der Waals surface area (Å²) in [6, 6.07) is 8.50. The fourth-order valence-electron chi connectivity index (χ4n) is 2.28. The number of nitrogens with zero attached hydrogens (tertiary/aromatic N) is 3. The molecule has 1 N–H and O–H groups in total. The highest BCUT2D eigenvalue weighted by molar-refractivity contribution is 5.64. The molecule has 0 saturated carbocycles. The molecule has 0 aliphatic carbocycles. The summed E-state index contributed by atoms with van der Waals surface area (Å²) in [7, 11) is 0. The Morgan fingerprint density at radius 2 is 2.00 bits per heavy atom. The fourth-order valence-corrected chi connectivity index (χ4v) is 2.28. The molecule has 4 nitrogen and oxygen atoms in total. The Morgan fingerprint density at radius 3 is 2.67 bits per heavy atom. The van der Waals surface area contributed by atoms with E-state index < -0.39 is 0 Å². The maximum Gasteiger partial charge on any atom is 0.224 e. The van der Waals surface area contributed by atoms with Crippen LogP contribution in [0.4, 0.5) is 17.5 Å². The molecule has 0 bridgehead atoms. The number of nitrogens with one attached hydrogen (secondary N) is 1. The van der Waals surface area contributed by atoms with Crippen LogP contribution in [0.5, 0.6) is 0 Å². The molecule has 21 heavy (non-hydrogen) atoms. The van der Waals surface area contributed by atoms with Crippen molar-refractivity contribution in [3.05, 3.63) is 41.6 Å².